The number of hydrazone groups is 1. The number of nitrogens with two attached hydrogens (primary N) is 1. The van der Waals surface area contributed by atoms with Crippen LogP contribution in [0.1, 0.15) is 15.9 Å². The zero-order valence-corrected chi connectivity index (χ0v) is 11.0. The third kappa shape index (κ3) is 3.35. The van der Waals surface area contributed by atoms with Gasteiger partial charge < -0.3 is 10.5 Å². The lowest BCUT2D eigenvalue weighted by Crippen LogP contribution is -2.17. The van der Waals surface area contributed by atoms with E-state index in [1.54, 1.807) is 31.4 Å². The second-order valence-electron chi connectivity index (χ2n) is 4.06. The summed E-state index contributed by atoms with van der Waals surface area (Å²) in [6.45, 7) is 0. The summed E-state index contributed by atoms with van der Waals surface area (Å²) in [7, 11) is 1.58. The van der Waals surface area contributed by atoms with E-state index >= 15 is 0 Å². The summed E-state index contributed by atoms with van der Waals surface area (Å²) in [5.74, 6) is 0.397. The molecule has 0 atom stereocenters. The first-order valence-corrected chi connectivity index (χ1v) is 6.02. The van der Waals surface area contributed by atoms with Crippen molar-refractivity contribution in [3.63, 3.8) is 0 Å². The number of anilines is 1. The van der Waals surface area contributed by atoms with Crippen molar-refractivity contribution in [1.82, 2.24) is 5.43 Å². The Morgan fingerprint density at radius 2 is 1.90 bits per heavy atom. The van der Waals surface area contributed by atoms with Crippen LogP contribution in [0.3, 0.4) is 0 Å². The number of nitrogens with zero attached hydrogens (tertiary/aromatic N) is 1. The summed E-state index contributed by atoms with van der Waals surface area (Å²) in [6, 6.07) is 14.0. The van der Waals surface area contributed by atoms with Crippen LogP contribution < -0.4 is 15.9 Å². The highest BCUT2D eigenvalue weighted by molar-refractivity contribution is 5.95. The number of benzene rings is 2. The Labute approximate surface area is 117 Å². The van der Waals surface area contributed by atoms with E-state index in [9.17, 15) is 4.79 Å². The van der Waals surface area contributed by atoms with Crippen LogP contribution in [0.15, 0.2) is 53.6 Å². The molecule has 0 aliphatic carbocycles. The molecule has 0 saturated heterocycles. The molecule has 2 rings (SSSR count). The van der Waals surface area contributed by atoms with Gasteiger partial charge in [0.2, 0.25) is 0 Å². The van der Waals surface area contributed by atoms with Gasteiger partial charge in [0.25, 0.3) is 5.91 Å². The number of nitrogens with one attached hydrogen (secondary N) is 1. The molecule has 0 bridgehead atoms. The van der Waals surface area contributed by atoms with Crippen LogP contribution in [0, 0.1) is 0 Å². The van der Waals surface area contributed by atoms with E-state index in [2.05, 4.69) is 10.5 Å². The van der Waals surface area contributed by atoms with Gasteiger partial charge in [-0.05, 0) is 36.4 Å². The highest BCUT2D eigenvalue weighted by atomic mass is 16.5. The molecular formula is C15H15N3O2. The van der Waals surface area contributed by atoms with Gasteiger partial charge in [0.1, 0.15) is 5.75 Å². The minimum absolute atomic E-state index is 0.295. The zero-order valence-electron chi connectivity index (χ0n) is 11.0. The largest absolute Gasteiger partial charge is 0.496 e. The van der Waals surface area contributed by atoms with Crippen LogP contribution in [0.25, 0.3) is 0 Å². The first-order chi connectivity index (χ1) is 9.70. The summed E-state index contributed by atoms with van der Waals surface area (Å²) in [5.41, 5.74) is 9.90. The molecule has 0 spiro atoms. The Bertz CT molecular complexity index is 621. The maximum Gasteiger partial charge on any atom is 0.271 e. The van der Waals surface area contributed by atoms with Crippen molar-refractivity contribution < 1.29 is 9.53 Å². The Morgan fingerprint density at radius 3 is 2.60 bits per heavy atom. The van der Waals surface area contributed by atoms with Crippen molar-refractivity contribution in [2.75, 3.05) is 12.8 Å². The molecule has 1 amide bonds. The first kappa shape index (κ1) is 13.6. The molecule has 2 aromatic rings. The molecule has 5 nitrogen and oxygen atoms in total. The SMILES string of the molecule is COc1ccccc1C=NNC(=O)c1ccc(N)cc1. The fourth-order valence-corrected chi connectivity index (χ4v) is 1.63. The summed E-state index contributed by atoms with van der Waals surface area (Å²) < 4.78 is 5.18. The van der Waals surface area contributed by atoms with Crippen LogP contribution in [-0.2, 0) is 0 Å². The van der Waals surface area contributed by atoms with E-state index in [0.717, 1.165) is 5.56 Å². The maximum absolute atomic E-state index is 11.8. The lowest BCUT2D eigenvalue weighted by Gasteiger charge is -2.03. The van der Waals surface area contributed by atoms with Crippen molar-refractivity contribution in [2.24, 2.45) is 5.10 Å². The average molecular weight is 269 g/mol. The molecule has 5 heteroatoms. The molecule has 0 saturated carbocycles. The van der Waals surface area contributed by atoms with Crippen LogP contribution in [0.5, 0.6) is 5.75 Å². The number of carbonyl (C=O) groups excluding carboxylic acids is 1. The number of nitrogen functional groups attached to an aromatic ring is 1. The van der Waals surface area contributed by atoms with Gasteiger partial charge in [-0.1, -0.05) is 12.1 Å². The van der Waals surface area contributed by atoms with Gasteiger partial charge in [-0.3, -0.25) is 4.79 Å². The second kappa shape index (κ2) is 6.38. The molecule has 0 aromatic heterocycles. The molecular weight excluding hydrogens is 254 g/mol. The number of para-hydroxylation sites is 1. The molecule has 3 N–H and O–H groups in total. The van der Waals surface area contributed by atoms with Crippen molar-refractivity contribution in [1.29, 1.82) is 0 Å². The Kier molecular flexibility index (Phi) is 4.34. The molecule has 0 fully saturated rings. The molecule has 20 heavy (non-hydrogen) atoms. The van der Waals surface area contributed by atoms with E-state index in [-0.39, 0.29) is 5.91 Å². The lowest BCUT2D eigenvalue weighted by atomic mass is 10.2. The summed E-state index contributed by atoms with van der Waals surface area (Å²) in [5, 5.41) is 3.91. The summed E-state index contributed by atoms with van der Waals surface area (Å²) in [4.78, 5) is 11.8. The standard InChI is InChI=1S/C15H15N3O2/c1-20-14-5-3-2-4-12(14)10-17-18-15(19)11-6-8-13(16)9-7-11/h2-10H,16H2,1H3,(H,18,19). The van der Waals surface area contributed by atoms with Crippen LogP contribution in [0.4, 0.5) is 5.69 Å². The van der Waals surface area contributed by atoms with Gasteiger partial charge in [-0.25, -0.2) is 5.43 Å². The minimum atomic E-state index is -0.295. The Hall–Kier alpha value is -2.82. The van der Waals surface area contributed by atoms with E-state index in [1.807, 2.05) is 24.3 Å². The van der Waals surface area contributed by atoms with E-state index in [4.69, 9.17) is 10.5 Å². The van der Waals surface area contributed by atoms with E-state index in [1.165, 1.54) is 6.21 Å². The fourth-order valence-electron chi connectivity index (χ4n) is 1.63. The van der Waals surface area contributed by atoms with Gasteiger partial charge in [0.15, 0.2) is 0 Å². The van der Waals surface area contributed by atoms with Crippen LogP contribution in [0.2, 0.25) is 0 Å². The zero-order chi connectivity index (χ0) is 14.4. The highest BCUT2D eigenvalue weighted by Crippen LogP contribution is 2.14. The van der Waals surface area contributed by atoms with Gasteiger partial charge >= 0.3 is 0 Å². The van der Waals surface area contributed by atoms with Crippen LogP contribution in [-0.4, -0.2) is 19.2 Å². The van der Waals surface area contributed by atoms with Crippen molar-refractivity contribution >= 4 is 17.8 Å². The third-order valence-electron chi connectivity index (χ3n) is 2.68. The van der Waals surface area contributed by atoms with Gasteiger partial charge in [-0.2, -0.15) is 5.10 Å². The molecule has 0 unspecified atom stereocenters. The molecule has 0 aliphatic heterocycles. The molecule has 102 valence electrons. The van der Waals surface area contributed by atoms with Crippen LogP contribution >= 0.6 is 0 Å². The smallest absolute Gasteiger partial charge is 0.271 e. The number of carbonyl (C=O) groups is 1. The molecule has 0 aliphatic rings. The average Bonchev–Trinajstić information content (AvgIpc) is 2.48. The number of rotatable bonds is 4. The predicted molar refractivity (Wildman–Crippen MR) is 78.9 cm³/mol. The first-order valence-electron chi connectivity index (χ1n) is 6.02. The van der Waals surface area contributed by atoms with Crippen molar-refractivity contribution in [3.05, 3.63) is 59.7 Å². The quantitative estimate of drug-likeness (QED) is 0.506. The monoisotopic (exact) mass is 269 g/mol. The minimum Gasteiger partial charge on any atom is -0.496 e. The van der Waals surface area contributed by atoms with E-state index < -0.39 is 0 Å². The molecule has 0 radical (unpaired) electrons. The van der Waals surface area contributed by atoms with Gasteiger partial charge in [0, 0.05) is 16.8 Å². The molecule has 0 heterocycles. The summed E-state index contributed by atoms with van der Waals surface area (Å²) in [6.07, 6.45) is 1.54. The Morgan fingerprint density at radius 1 is 1.20 bits per heavy atom. The lowest BCUT2D eigenvalue weighted by molar-refractivity contribution is 0.0955. The topological polar surface area (TPSA) is 76.7 Å². The second-order valence-corrected chi connectivity index (χ2v) is 4.06. The number of methoxy groups -OCH3 is 1. The van der Waals surface area contributed by atoms with Crippen molar-refractivity contribution in [2.45, 2.75) is 0 Å². The fraction of sp³-hybridized carbons (Fsp3) is 0.0667. The number of amides is 1. The molecule has 2 aromatic carbocycles. The predicted octanol–water partition coefficient (Wildman–Crippen LogP) is 2.04. The Balaban J connectivity index is 2.02. The number of ether oxygens (including phenoxy) is 1. The van der Waals surface area contributed by atoms with E-state index in [0.29, 0.717) is 17.0 Å². The third-order valence-corrected chi connectivity index (χ3v) is 2.68. The maximum atomic E-state index is 11.8. The number of hydrogen-bond donors (Lipinski definition) is 2. The number of hydrogen-bond acceptors (Lipinski definition) is 4. The van der Waals surface area contributed by atoms with Crippen molar-refractivity contribution in [3.8, 4) is 5.75 Å². The normalized spacial score (nSPS) is 10.4. The van der Waals surface area contributed by atoms with Gasteiger partial charge in [-0.15, -0.1) is 0 Å². The summed E-state index contributed by atoms with van der Waals surface area (Å²) >= 11 is 0. The highest BCUT2D eigenvalue weighted by Gasteiger charge is 2.03. The van der Waals surface area contributed by atoms with Gasteiger partial charge in [0.05, 0.1) is 13.3 Å².